The molecule has 9 heteroatoms. The summed E-state index contributed by atoms with van der Waals surface area (Å²) in [5.41, 5.74) is 0.888. The summed E-state index contributed by atoms with van der Waals surface area (Å²) in [6, 6.07) is 2.51. The van der Waals surface area contributed by atoms with Crippen molar-refractivity contribution in [1.82, 2.24) is 9.62 Å². The predicted molar refractivity (Wildman–Crippen MR) is 98.8 cm³/mol. The molecule has 1 N–H and O–H groups in total. The average molecular weight is 385 g/mol. The van der Waals surface area contributed by atoms with Crippen LogP contribution in [0.15, 0.2) is 17.0 Å². The van der Waals surface area contributed by atoms with E-state index in [-0.39, 0.29) is 29.3 Å². The Morgan fingerprint density at radius 1 is 1.27 bits per heavy atom. The van der Waals surface area contributed by atoms with Crippen LogP contribution in [0.5, 0.6) is 0 Å². The van der Waals surface area contributed by atoms with Crippen LogP contribution >= 0.6 is 0 Å². The van der Waals surface area contributed by atoms with Gasteiger partial charge < -0.3 is 4.74 Å². The normalized spacial score (nSPS) is 21.7. The number of hydrogen-bond donors (Lipinski definition) is 1. The molecule has 0 aliphatic carbocycles. The van der Waals surface area contributed by atoms with Gasteiger partial charge in [0.25, 0.3) is 5.69 Å². The van der Waals surface area contributed by atoms with E-state index in [1.54, 1.807) is 13.8 Å². The maximum atomic E-state index is 12.6. The Kier molecular flexibility index (Phi) is 6.73. The number of nitro groups is 1. The zero-order valence-corrected chi connectivity index (χ0v) is 16.5. The van der Waals surface area contributed by atoms with Crippen molar-refractivity contribution in [3.05, 3.63) is 33.4 Å². The van der Waals surface area contributed by atoms with Gasteiger partial charge in [0.05, 0.1) is 22.0 Å². The Bertz CT molecular complexity index is 756. The molecule has 1 aliphatic heterocycles. The first-order valence-electron chi connectivity index (χ1n) is 8.73. The van der Waals surface area contributed by atoms with Crippen molar-refractivity contribution in [2.75, 3.05) is 26.2 Å². The summed E-state index contributed by atoms with van der Waals surface area (Å²) in [5, 5.41) is 11.0. The molecule has 0 spiro atoms. The Labute approximate surface area is 154 Å². The summed E-state index contributed by atoms with van der Waals surface area (Å²) >= 11 is 0. The van der Waals surface area contributed by atoms with Crippen LogP contribution in [0.3, 0.4) is 0 Å². The van der Waals surface area contributed by atoms with Gasteiger partial charge in [0.15, 0.2) is 0 Å². The summed E-state index contributed by atoms with van der Waals surface area (Å²) in [4.78, 5) is 12.7. The summed E-state index contributed by atoms with van der Waals surface area (Å²) in [6.45, 7) is 10.1. The van der Waals surface area contributed by atoms with E-state index >= 15 is 0 Å². The van der Waals surface area contributed by atoms with Crippen LogP contribution in [0, 0.1) is 24.0 Å². The molecule has 1 heterocycles. The Morgan fingerprint density at radius 3 is 2.46 bits per heavy atom. The summed E-state index contributed by atoms with van der Waals surface area (Å²) in [6.07, 6.45) is 1.00. The van der Waals surface area contributed by atoms with Crippen LogP contribution in [0.2, 0.25) is 0 Å². The lowest BCUT2D eigenvalue weighted by atomic mass is 10.1. The van der Waals surface area contributed by atoms with Gasteiger partial charge in [0, 0.05) is 31.8 Å². The van der Waals surface area contributed by atoms with Gasteiger partial charge in [0.1, 0.15) is 0 Å². The van der Waals surface area contributed by atoms with Gasteiger partial charge >= 0.3 is 0 Å². The lowest BCUT2D eigenvalue weighted by molar-refractivity contribution is -0.385. The van der Waals surface area contributed by atoms with E-state index < -0.39 is 14.9 Å². The number of rotatable bonds is 7. The summed E-state index contributed by atoms with van der Waals surface area (Å²) < 4.78 is 33.4. The predicted octanol–water partition coefficient (Wildman–Crippen LogP) is 1.99. The number of nitrogens with one attached hydrogen (secondary N) is 1. The van der Waals surface area contributed by atoms with Crippen molar-refractivity contribution in [2.45, 2.75) is 51.2 Å². The van der Waals surface area contributed by atoms with Crippen molar-refractivity contribution in [3.63, 3.8) is 0 Å². The first-order valence-corrected chi connectivity index (χ1v) is 10.2. The molecular formula is C17H27N3O5S. The number of aryl methyl sites for hydroxylation is 1. The van der Waals surface area contributed by atoms with E-state index in [0.717, 1.165) is 25.7 Å². The third kappa shape index (κ3) is 5.23. The minimum atomic E-state index is -3.79. The molecule has 146 valence electrons. The lowest BCUT2D eigenvalue weighted by Gasteiger charge is -2.35. The molecule has 0 radical (unpaired) electrons. The van der Waals surface area contributed by atoms with Crippen LogP contribution < -0.4 is 4.72 Å². The largest absolute Gasteiger partial charge is 0.373 e. The van der Waals surface area contributed by atoms with Crippen molar-refractivity contribution in [1.29, 1.82) is 0 Å². The maximum Gasteiger partial charge on any atom is 0.271 e. The molecule has 0 amide bonds. The fraction of sp³-hybridized carbons (Fsp3) is 0.647. The Balaban J connectivity index is 1.98. The van der Waals surface area contributed by atoms with E-state index in [1.165, 1.54) is 6.07 Å². The second-order valence-electron chi connectivity index (χ2n) is 6.91. The zero-order chi connectivity index (χ0) is 19.5. The standard InChI is InChI=1S/C17H27N3O5S/c1-12-8-16(20(21)22)9-17(15(12)4)26(23,24)18-6-5-7-19-10-13(2)25-14(3)11-19/h8-9,13-14,18H,5-7,10-11H2,1-4H3. The van der Waals surface area contributed by atoms with Crippen molar-refractivity contribution < 1.29 is 18.1 Å². The number of sulfonamides is 1. The van der Waals surface area contributed by atoms with Gasteiger partial charge in [-0.15, -0.1) is 0 Å². The molecule has 26 heavy (non-hydrogen) atoms. The van der Waals surface area contributed by atoms with Crippen LogP contribution in [-0.2, 0) is 14.8 Å². The van der Waals surface area contributed by atoms with E-state index in [2.05, 4.69) is 9.62 Å². The average Bonchev–Trinajstić information content (AvgIpc) is 2.52. The van der Waals surface area contributed by atoms with Gasteiger partial charge in [-0.2, -0.15) is 0 Å². The Hall–Kier alpha value is -1.55. The molecule has 0 saturated carbocycles. The topological polar surface area (TPSA) is 102 Å². The highest BCUT2D eigenvalue weighted by Crippen LogP contribution is 2.25. The molecule has 0 bridgehead atoms. The van der Waals surface area contributed by atoms with Crippen molar-refractivity contribution >= 4 is 15.7 Å². The molecule has 2 atom stereocenters. The third-order valence-electron chi connectivity index (χ3n) is 4.54. The van der Waals surface area contributed by atoms with Crippen LogP contribution in [0.25, 0.3) is 0 Å². The maximum absolute atomic E-state index is 12.6. The molecular weight excluding hydrogens is 358 g/mol. The monoisotopic (exact) mass is 385 g/mol. The van der Waals surface area contributed by atoms with Gasteiger partial charge in [-0.05, 0) is 51.8 Å². The highest BCUT2D eigenvalue weighted by molar-refractivity contribution is 7.89. The van der Waals surface area contributed by atoms with Crippen molar-refractivity contribution in [3.8, 4) is 0 Å². The smallest absolute Gasteiger partial charge is 0.271 e. The second-order valence-corrected chi connectivity index (χ2v) is 8.65. The molecule has 2 rings (SSSR count). The molecule has 1 saturated heterocycles. The minimum Gasteiger partial charge on any atom is -0.373 e. The number of non-ortho nitro benzene ring substituents is 1. The molecule has 1 aromatic rings. The quantitative estimate of drug-likeness (QED) is 0.437. The Morgan fingerprint density at radius 2 is 1.88 bits per heavy atom. The first kappa shape index (κ1) is 20.8. The molecule has 0 aromatic heterocycles. The number of morpholine rings is 1. The lowest BCUT2D eigenvalue weighted by Crippen LogP contribution is -2.46. The molecule has 1 aromatic carbocycles. The number of hydrogen-bond acceptors (Lipinski definition) is 6. The number of benzene rings is 1. The number of ether oxygens (including phenoxy) is 1. The van der Waals surface area contributed by atoms with Gasteiger partial charge in [-0.25, -0.2) is 13.1 Å². The van der Waals surface area contributed by atoms with E-state index in [9.17, 15) is 18.5 Å². The summed E-state index contributed by atoms with van der Waals surface area (Å²) in [7, 11) is -3.79. The SMILES string of the molecule is Cc1cc([N+](=O)[O-])cc(S(=O)(=O)NCCCN2CC(C)OC(C)C2)c1C. The fourth-order valence-electron chi connectivity index (χ4n) is 3.25. The van der Waals surface area contributed by atoms with Gasteiger partial charge in [0.2, 0.25) is 10.0 Å². The molecule has 1 aliphatic rings. The number of nitro benzene ring substituents is 1. The van der Waals surface area contributed by atoms with E-state index in [0.29, 0.717) is 17.5 Å². The van der Waals surface area contributed by atoms with Crippen molar-refractivity contribution in [2.24, 2.45) is 0 Å². The van der Waals surface area contributed by atoms with E-state index in [4.69, 9.17) is 4.74 Å². The van der Waals surface area contributed by atoms with Crippen LogP contribution in [0.1, 0.15) is 31.4 Å². The van der Waals surface area contributed by atoms with Gasteiger partial charge in [-0.1, -0.05) is 0 Å². The fourth-order valence-corrected chi connectivity index (χ4v) is 4.66. The highest BCUT2D eigenvalue weighted by Gasteiger charge is 2.23. The van der Waals surface area contributed by atoms with E-state index in [1.807, 2.05) is 13.8 Å². The first-order chi connectivity index (χ1) is 12.1. The zero-order valence-electron chi connectivity index (χ0n) is 15.7. The van der Waals surface area contributed by atoms with Gasteiger partial charge in [-0.3, -0.25) is 15.0 Å². The molecule has 1 fully saturated rings. The second kappa shape index (κ2) is 8.43. The van der Waals surface area contributed by atoms with Crippen LogP contribution in [-0.4, -0.2) is 56.6 Å². The molecule has 2 unspecified atom stereocenters. The van der Waals surface area contributed by atoms with Crippen LogP contribution in [0.4, 0.5) is 5.69 Å². The minimum absolute atomic E-state index is 0.0298. The third-order valence-corrected chi connectivity index (χ3v) is 6.13. The summed E-state index contributed by atoms with van der Waals surface area (Å²) in [5.74, 6) is 0. The number of nitrogens with zero attached hydrogens (tertiary/aromatic N) is 2. The molecule has 8 nitrogen and oxygen atoms in total. The highest BCUT2D eigenvalue weighted by atomic mass is 32.2.